The first-order valence-electron chi connectivity index (χ1n) is 4.92. The molecule has 1 unspecified atom stereocenters. The van der Waals surface area contributed by atoms with Crippen LogP contribution in [0.4, 0.5) is 10.1 Å². The SMILES string of the molecule is CCC1CNc2cc(F)c(Br)cc2C1. The van der Waals surface area contributed by atoms with Gasteiger partial charge in [0.15, 0.2) is 0 Å². The highest BCUT2D eigenvalue weighted by atomic mass is 79.9. The van der Waals surface area contributed by atoms with Gasteiger partial charge in [0.2, 0.25) is 0 Å². The normalized spacial score (nSPS) is 20.1. The molecule has 1 aliphatic heterocycles. The average Bonchev–Trinajstić information content (AvgIpc) is 2.19. The van der Waals surface area contributed by atoms with Crippen molar-refractivity contribution in [1.29, 1.82) is 0 Å². The van der Waals surface area contributed by atoms with E-state index in [1.54, 1.807) is 6.07 Å². The fraction of sp³-hybridized carbons (Fsp3) is 0.455. The van der Waals surface area contributed by atoms with Crippen molar-refractivity contribution in [3.63, 3.8) is 0 Å². The Labute approximate surface area is 91.8 Å². The van der Waals surface area contributed by atoms with Crippen LogP contribution in [0.3, 0.4) is 0 Å². The van der Waals surface area contributed by atoms with Gasteiger partial charge in [-0.25, -0.2) is 4.39 Å². The van der Waals surface area contributed by atoms with Gasteiger partial charge in [-0.2, -0.15) is 0 Å². The van der Waals surface area contributed by atoms with Crippen molar-refractivity contribution in [3.05, 3.63) is 28.0 Å². The molecule has 2 rings (SSSR count). The molecule has 0 saturated carbocycles. The minimum Gasteiger partial charge on any atom is -0.384 e. The van der Waals surface area contributed by atoms with Gasteiger partial charge in [0.1, 0.15) is 5.82 Å². The van der Waals surface area contributed by atoms with E-state index in [-0.39, 0.29) is 5.82 Å². The molecule has 0 saturated heterocycles. The van der Waals surface area contributed by atoms with Crippen LogP contribution in [-0.4, -0.2) is 6.54 Å². The average molecular weight is 258 g/mol. The molecular weight excluding hydrogens is 245 g/mol. The second kappa shape index (κ2) is 3.89. The summed E-state index contributed by atoms with van der Waals surface area (Å²) in [5, 5.41) is 3.27. The van der Waals surface area contributed by atoms with Crippen molar-refractivity contribution in [1.82, 2.24) is 0 Å². The van der Waals surface area contributed by atoms with E-state index >= 15 is 0 Å². The number of hydrogen-bond donors (Lipinski definition) is 1. The highest BCUT2D eigenvalue weighted by Crippen LogP contribution is 2.30. The summed E-state index contributed by atoms with van der Waals surface area (Å²) < 4.78 is 13.8. The molecule has 0 aromatic heterocycles. The molecule has 1 heterocycles. The molecule has 0 radical (unpaired) electrons. The Bertz CT molecular complexity index is 351. The van der Waals surface area contributed by atoms with E-state index in [0.29, 0.717) is 10.4 Å². The third-order valence-corrected chi connectivity index (χ3v) is 3.42. The van der Waals surface area contributed by atoms with Crippen LogP contribution in [-0.2, 0) is 6.42 Å². The molecular formula is C11H13BrFN. The molecule has 14 heavy (non-hydrogen) atoms. The summed E-state index contributed by atoms with van der Waals surface area (Å²) in [5.74, 6) is 0.492. The minimum absolute atomic E-state index is 0.189. The number of nitrogens with one attached hydrogen (secondary N) is 1. The first-order chi connectivity index (χ1) is 6.70. The van der Waals surface area contributed by atoms with E-state index in [2.05, 4.69) is 28.2 Å². The van der Waals surface area contributed by atoms with Crippen LogP contribution in [0.1, 0.15) is 18.9 Å². The van der Waals surface area contributed by atoms with Gasteiger partial charge in [-0.05, 0) is 46.0 Å². The topological polar surface area (TPSA) is 12.0 Å². The summed E-state index contributed by atoms with van der Waals surface area (Å²) >= 11 is 3.21. The summed E-state index contributed by atoms with van der Waals surface area (Å²) in [6, 6.07) is 3.46. The number of fused-ring (bicyclic) bond motifs is 1. The lowest BCUT2D eigenvalue weighted by molar-refractivity contribution is 0.518. The Morgan fingerprint density at radius 3 is 3.07 bits per heavy atom. The zero-order chi connectivity index (χ0) is 10.1. The maximum atomic E-state index is 13.2. The van der Waals surface area contributed by atoms with Crippen LogP contribution in [0.15, 0.2) is 16.6 Å². The van der Waals surface area contributed by atoms with Gasteiger partial charge >= 0.3 is 0 Å². The molecule has 0 aliphatic carbocycles. The van der Waals surface area contributed by atoms with Crippen molar-refractivity contribution in [2.75, 3.05) is 11.9 Å². The smallest absolute Gasteiger partial charge is 0.139 e. The summed E-state index contributed by atoms with van der Waals surface area (Å²) in [5.41, 5.74) is 2.17. The molecule has 1 aliphatic rings. The lowest BCUT2D eigenvalue weighted by atomic mass is 9.92. The summed E-state index contributed by atoms with van der Waals surface area (Å²) in [7, 11) is 0. The van der Waals surface area contributed by atoms with Crippen LogP contribution in [0, 0.1) is 11.7 Å². The predicted molar refractivity (Wildman–Crippen MR) is 60.1 cm³/mol. The number of halogens is 2. The molecule has 0 spiro atoms. The summed E-state index contributed by atoms with van der Waals surface area (Å²) in [6.45, 7) is 3.15. The first-order valence-corrected chi connectivity index (χ1v) is 5.71. The third kappa shape index (κ3) is 1.78. The molecule has 3 heteroatoms. The standard InChI is InChI=1S/C11H13BrFN/c1-2-7-3-8-4-9(12)10(13)5-11(8)14-6-7/h4-5,7,14H,2-3,6H2,1H3. The minimum atomic E-state index is -0.189. The molecule has 1 N–H and O–H groups in total. The molecule has 0 bridgehead atoms. The van der Waals surface area contributed by atoms with E-state index in [1.165, 1.54) is 12.0 Å². The van der Waals surface area contributed by atoms with Gasteiger partial charge in [-0.3, -0.25) is 0 Å². The van der Waals surface area contributed by atoms with E-state index in [1.807, 2.05) is 6.07 Å². The fourth-order valence-corrected chi connectivity index (χ4v) is 2.24. The van der Waals surface area contributed by atoms with E-state index in [4.69, 9.17) is 0 Å². The Hall–Kier alpha value is -0.570. The number of benzene rings is 1. The highest BCUT2D eigenvalue weighted by Gasteiger charge is 2.18. The van der Waals surface area contributed by atoms with Crippen LogP contribution in [0.25, 0.3) is 0 Å². The maximum Gasteiger partial charge on any atom is 0.139 e. The van der Waals surface area contributed by atoms with Gasteiger partial charge in [0, 0.05) is 12.2 Å². The maximum absolute atomic E-state index is 13.2. The van der Waals surface area contributed by atoms with Crippen molar-refractivity contribution in [2.24, 2.45) is 5.92 Å². The molecule has 1 aromatic carbocycles. The van der Waals surface area contributed by atoms with Crippen molar-refractivity contribution in [3.8, 4) is 0 Å². The molecule has 1 atom stereocenters. The zero-order valence-electron chi connectivity index (χ0n) is 8.11. The van der Waals surface area contributed by atoms with Gasteiger partial charge < -0.3 is 5.32 Å². The van der Waals surface area contributed by atoms with Gasteiger partial charge in [0.05, 0.1) is 4.47 Å². The molecule has 76 valence electrons. The molecule has 1 aromatic rings. The van der Waals surface area contributed by atoms with Gasteiger partial charge in [0.25, 0.3) is 0 Å². The van der Waals surface area contributed by atoms with Crippen molar-refractivity contribution >= 4 is 21.6 Å². The third-order valence-electron chi connectivity index (χ3n) is 2.81. The monoisotopic (exact) mass is 257 g/mol. The Morgan fingerprint density at radius 1 is 1.57 bits per heavy atom. The number of hydrogen-bond acceptors (Lipinski definition) is 1. The predicted octanol–water partition coefficient (Wildman–Crippen LogP) is 3.58. The lowest BCUT2D eigenvalue weighted by Gasteiger charge is -2.25. The highest BCUT2D eigenvalue weighted by molar-refractivity contribution is 9.10. The zero-order valence-corrected chi connectivity index (χ0v) is 9.70. The fourth-order valence-electron chi connectivity index (χ4n) is 1.85. The molecule has 0 amide bonds. The van der Waals surface area contributed by atoms with Crippen molar-refractivity contribution in [2.45, 2.75) is 19.8 Å². The van der Waals surface area contributed by atoms with Crippen LogP contribution < -0.4 is 5.32 Å². The molecule has 0 fully saturated rings. The van der Waals surface area contributed by atoms with Crippen LogP contribution in [0.2, 0.25) is 0 Å². The lowest BCUT2D eigenvalue weighted by Crippen LogP contribution is -2.22. The first kappa shape index (κ1) is 9.97. The molecule has 1 nitrogen and oxygen atoms in total. The van der Waals surface area contributed by atoms with Crippen molar-refractivity contribution < 1.29 is 4.39 Å². The Kier molecular flexibility index (Phi) is 2.77. The van der Waals surface area contributed by atoms with Gasteiger partial charge in [-0.15, -0.1) is 0 Å². The Balaban J connectivity index is 2.33. The van der Waals surface area contributed by atoms with Gasteiger partial charge in [-0.1, -0.05) is 13.3 Å². The largest absolute Gasteiger partial charge is 0.384 e. The Morgan fingerprint density at radius 2 is 2.36 bits per heavy atom. The van der Waals surface area contributed by atoms with E-state index < -0.39 is 0 Å². The second-order valence-electron chi connectivity index (χ2n) is 3.78. The van der Waals surface area contributed by atoms with E-state index in [9.17, 15) is 4.39 Å². The second-order valence-corrected chi connectivity index (χ2v) is 4.64. The number of rotatable bonds is 1. The summed E-state index contributed by atoms with van der Waals surface area (Å²) in [4.78, 5) is 0. The van der Waals surface area contributed by atoms with Crippen LogP contribution >= 0.6 is 15.9 Å². The van der Waals surface area contributed by atoms with E-state index in [0.717, 1.165) is 18.7 Å². The number of anilines is 1. The van der Waals surface area contributed by atoms with Crippen LogP contribution in [0.5, 0.6) is 0 Å². The summed E-state index contributed by atoms with van der Waals surface area (Å²) in [6.07, 6.45) is 2.22. The quantitative estimate of drug-likeness (QED) is 0.811.